The van der Waals surface area contributed by atoms with E-state index >= 15 is 0 Å². The molecule has 2 N–H and O–H groups in total. The first-order chi connectivity index (χ1) is 9.41. The molecule has 1 aliphatic rings. The minimum atomic E-state index is -0.900. The number of amides is 1. The van der Waals surface area contributed by atoms with E-state index in [0.717, 1.165) is 0 Å². The number of Topliss-reactive ketones (excluding diaryl/α,β-unsaturated/α-hetero) is 1. The van der Waals surface area contributed by atoms with Gasteiger partial charge in [-0.2, -0.15) is 0 Å². The van der Waals surface area contributed by atoms with Crippen molar-refractivity contribution in [1.82, 2.24) is 9.88 Å². The van der Waals surface area contributed by atoms with Crippen LogP contribution in [0.1, 0.15) is 40.6 Å². The van der Waals surface area contributed by atoms with Crippen molar-refractivity contribution < 1.29 is 19.4 Å². The molecule has 1 fully saturated rings. The zero-order valence-electron chi connectivity index (χ0n) is 11.8. The van der Waals surface area contributed by atoms with E-state index in [-0.39, 0.29) is 18.2 Å². The van der Waals surface area contributed by atoms with Crippen LogP contribution in [0.4, 0.5) is 0 Å². The molecule has 1 saturated heterocycles. The van der Waals surface area contributed by atoms with E-state index in [1.54, 1.807) is 23.9 Å². The molecule has 1 aliphatic heterocycles. The van der Waals surface area contributed by atoms with Crippen molar-refractivity contribution >= 4 is 11.7 Å². The summed E-state index contributed by atoms with van der Waals surface area (Å²) in [5.41, 5.74) is 0.0101. The van der Waals surface area contributed by atoms with Gasteiger partial charge in [0.15, 0.2) is 5.78 Å². The largest absolute Gasteiger partial charge is 0.388 e. The lowest BCUT2D eigenvalue weighted by Crippen LogP contribution is -2.46. The number of rotatable bonds is 4. The predicted octanol–water partition coefficient (Wildman–Crippen LogP) is 0.499. The van der Waals surface area contributed by atoms with Gasteiger partial charge in [-0.05, 0) is 13.0 Å². The first-order valence-corrected chi connectivity index (χ1v) is 6.67. The first-order valence-electron chi connectivity index (χ1n) is 6.67. The summed E-state index contributed by atoms with van der Waals surface area (Å²) in [6.45, 7) is 2.66. The third kappa shape index (κ3) is 3.26. The molecule has 0 atom stereocenters. The van der Waals surface area contributed by atoms with Crippen LogP contribution in [0.5, 0.6) is 0 Å². The molecule has 20 heavy (non-hydrogen) atoms. The summed E-state index contributed by atoms with van der Waals surface area (Å²) in [4.78, 5) is 23.4. The highest BCUT2D eigenvalue weighted by Gasteiger charge is 2.30. The Hall–Kier alpha value is -1.66. The topological polar surface area (TPSA) is 80.6 Å². The molecule has 0 aliphatic carbocycles. The van der Waals surface area contributed by atoms with Gasteiger partial charge in [0.25, 0.3) is 5.91 Å². The maximum absolute atomic E-state index is 12.1. The molecule has 0 radical (unpaired) electrons. The highest BCUT2D eigenvalue weighted by Crippen LogP contribution is 2.19. The molecule has 1 aromatic heterocycles. The molecule has 0 aromatic carbocycles. The lowest BCUT2D eigenvalue weighted by molar-refractivity contribution is -0.0605. The normalized spacial score (nSPS) is 17.8. The van der Waals surface area contributed by atoms with E-state index in [0.29, 0.717) is 37.3 Å². The summed E-state index contributed by atoms with van der Waals surface area (Å²) >= 11 is 0. The Kier molecular flexibility index (Phi) is 4.25. The van der Waals surface area contributed by atoms with Crippen molar-refractivity contribution in [3.05, 3.63) is 23.5 Å². The second-order valence-corrected chi connectivity index (χ2v) is 5.30. The van der Waals surface area contributed by atoms with Crippen LogP contribution in [0, 0.1) is 0 Å². The number of nitrogens with zero attached hydrogens (tertiary/aromatic N) is 1. The summed E-state index contributed by atoms with van der Waals surface area (Å²) in [7, 11) is 1.71. The van der Waals surface area contributed by atoms with Gasteiger partial charge in [-0.1, -0.05) is 0 Å². The molecule has 1 aromatic rings. The molecule has 6 heteroatoms. The van der Waals surface area contributed by atoms with Crippen LogP contribution < -0.4 is 5.32 Å². The molecule has 1 amide bonds. The van der Waals surface area contributed by atoms with Gasteiger partial charge in [-0.3, -0.25) is 9.59 Å². The van der Waals surface area contributed by atoms with Gasteiger partial charge in [-0.25, -0.2) is 0 Å². The summed E-state index contributed by atoms with van der Waals surface area (Å²) in [6.07, 6.45) is 2.65. The maximum Gasteiger partial charge on any atom is 0.268 e. The van der Waals surface area contributed by atoms with Gasteiger partial charge in [0.05, 0.1) is 5.60 Å². The molecule has 0 unspecified atom stereocenters. The van der Waals surface area contributed by atoms with Crippen LogP contribution in [0.2, 0.25) is 0 Å². The van der Waals surface area contributed by atoms with Gasteiger partial charge >= 0.3 is 0 Å². The zero-order chi connectivity index (χ0) is 14.8. The lowest BCUT2D eigenvalue weighted by atomic mass is 9.94. The smallest absolute Gasteiger partial charge is 0.268 e. The fourth-order valence-electron chi connectivity index (χ4n) is 2.25. The third-order valence-corrected chi connectivity index (χ3v) is 3.65. The quantitative estimate of drug-likeness (QED) is 0.787. The number of aromatic nitrogens is 1. The number of hydrogen-bond donors (Lipinski definition) is 2. The molecule has 6 nitrogen and oxygen atoms in total. The molecule has 0 saturated carbocycles. The van der Waals surface area contributed by atoms with E-state index in [4.69, 9.17) is 4.74 Å². The standard InChI is InChI=1S/C14H20N2O4/c1-10(17)11-7-12(16(2)8-11)13(18)15-9-14(19)3-5-20-6-4-14/h7-8,19H,3-6,9H2,1-2H3,(H,15,18). The van der Waals surface area contributed by atoms with Crippen LogP contribution in [0.3, 0.4) is 0 Å². The fraction of sp³-hybridized carbons (Fsp3) is 0.571. The highest BCUT2D eigenvalue weighted by atomic mass is 16.5. The number of aryl methyl sites for hydroxylation is 1. The summed E-state index contributed by atoms with van der Waals surface area (Å²) in [5.74, 6) is -0.373. The van der Waals surface area contributed by atoms with Gasteiger partial charge in [-0.15, -0.1) is 0 Å². The lowest BCUT2D eigenvalue weighted by Gasteiger charge is -2.32. The van der Waals surface area contributed by atoms with Crippen molar-refractivity contribution in [3.63, 3.8) is 0 Å². The van der Waals surface area contributed by atoms with Crippen molar-refractivity contribution in [3.8, 4) is 0 Å². The van der Waals surface area contributed by atoms with Gasteiger partial charge in [0, 0.05) is 51.4 Å². The number of ether oxygens (including phenoxy) is 1. The third-order valence-electron chi connectivity index (χ3n) is 3.65. The number of nitrogens with one attached hydrogen (secondary N) is 1. The van der Waals surface area contributed by atoms with E-state index in [1.807, 2.05) is 0 Å². The first kappa shape index (κ1) is 14.7. The average molecular weight is 280 g/mol. The van der Waals surface area contributed by atoms with Crippen LogP contribution in [-0.4, -0.2) is 46.7 Å². The maximum atomic E-state index is 12.1. The predicted molar refractivity (Wildman–Crippen MR) is 72.8 cm³/mol. The monoisotopic (exact) mass is 280 g/mol. The minimum Gasteiger partial charge on any atom is -0.388 e. The average Bonchev–Trinajstić information content (AvgIpc) is 2.79. The number of aliphatic hydroxyl groups is 1. The molecule has 110 valence electrons. The number of carbonyl (C=O) groups is 2. The van der Waals surface area contributed by atoms with E-state index in [9.17, 15) is 14.7 Å². The second-order valence-electron chi connectivity index (χ2n) is 5.30. The van der Waals surface area contributed by atoms with Crippen molar-refractivity contribution in [1.29, 1.82) is 0 Å². The summed E-state index contributed by atoms with van der Waals surface area (Å²) in [5, 5.41) is 13.0. The highest BCUT2D eigenvalue weighted by molar-refractivity contribution is 5.99. The van der Waals surface area contributed by atoms with Crippen molar-refractivity contribution in [2.45, 2.75) is 25.4 Å². The Morgan fingerprint density at radius 1 is 1.45 bits per heavy atom. The second kappa shape index (κ2) is 5.76. The van der Waals surface area contributed by atoms with Crippen molar-refractivity contribution in [2.75, 3.05) is 19.8 Å². The van der Waals surface area contributed by atoms with Gasteiger partial charge in [0.1, 0.15) is 5.69 Å². The van der Waals surface area contributed by atoms with Crippen LogP contribution in [0.25, 0.3) is 0 Å². The molecular formula is C14H20N2O4. The Labute approximate surface area is 117 Å². The number of ketones is 1. The van der Waals surface area contributed by atoms with E-state index < -0.39 is 5.60 Å². The minimum absolute atomic E-state index is 0.0808. The van der Waals surface area contributed by atoms with Gasteiger partial charge in [0.2, 0.25) is 0 Å². The molecule has 2 rings (SSSR count). The number of hydrogen-bond acceptors (Lipinski definition) is 4. The van der Waals surface area contributed by atoms with E-state index in [2.05, 4.69) is 5.32 Å². The summed E-state index contributed by atoms with van der Waals surface area (Å²) < 4.78 is 6.80. The van der Waals surface area contributed by atoms with Crippen molar-refractivity contribution in [2.24, 2.45) is 7.05 Å². The Morgan fingerprint density at radius 2 is 2.10 bits per heavy atom. The summed E-state index contributed by atoms with van der Waals surface area (Å²) in [6, 6.07) is 1.56. The molecule has 0 spiro atoms. The Balaban J connectivity index is 1.99. The van der Waals surface area contributed by atoms with Gasteiger partial charge < -0.3 is 19.7 Å². The molecular weight excluding hydrogens is 260 g/mol. The molecule has 2 heterocycles. The van der Waals surface area contributed by atoms with Crippen LogP contribution in [0.15, 0.2) is 12.3 Å². The zero-order valence-corrected chi connectivity index (χ0v) is 11.8. The van der Waals surface area contributed by atoms with Crippen LogP contribution >= 0.6 is 0 Å². The Bertz CT molecular complexity index is 515. The number of carbonyl (C=O) groups excluding carboxylic acids is 2. The Morgan fingerprint density at radius 3 is 2.65 bits per heavy atom. The van der Waals surface area contributed by atoms with Crippen LogP contribution in [-0.2, 0) is 11.8 Å². The SMILES string of the molecule is CC(=O)c1cc(C(=O)NCC2(O)CCOCC2)n(C)c1. The van der Waals surface area contributed by atoms with E-state index in [1.165, 1.54) is 6.92 Å². The molecule has 0 bridgehead atoms. The fourth-order valence-corrected chi connectivity index (χ4v) is 2.25.